The summed E-state index contributed by atoms with van der Waals surface area (Å²) in [5.74, 6) is -0.230. The minimum absolute atomic E-state index is 0.230. The minimum Gasteiger partial charge on any atom is -0.469 e. The number of rotatable bonds is 7. The zero-order valence-electron chi connectivity index (χ0n) is 14.4. The fourth-order valence-electron chi connectivity index (χ4n) is 3.24. The average molecular weight is 324 g/mol. The van der Waals surface area contributed by atoms with E-state index >= 15 is 0 Å². The van der Waals surface area contributed by atoms with E-state index in [1.807, 2.05) is 31.4 Å². The monoisotopic (exact) mass is 324 g/mol. The van der Waals surface area contributed by atoms with E-state index in [1.165, 1.54) is 7.11 Å². The number of methoxy groups -OCH3 is 1. The van der Waals surface area contributed by atoms with Gasteiger partial charge in [-0.25, -0.2) is 0 Å². The molecule has 7 heteroatoms. The van der Waals surface area contributed by atoms with Crippen LogP contribution in [0.25, 0.3) is 0 Å². The molecule has 0 spiro atoms. The summed E-state index contributed by atoms with van der Waals surface area (Å²) in [7, 11) is 5.37. The van der Waals surface area contributed by atoms with Crippen LogP contribution in [0.2, 0.25) is 0 Å². The van der Waals surface area contributed by atoms with Crippen molar-refractivity contribution in [3.8, 4) is 0 Å². The molecule has 23 heavy (non-hydrogen) atoms. The molecule has 1 aliphatic heterocycles. The van der Waals surface area contributed by atoms with Gasteiger partial charge in [-0.1, -0.05) is 0 Å². The van der Waals surface area contributed by atoms with Gasteiger partial charge < -0.3 is 14.7 Å². The lowest BCUT2D eigenvalue weighted by Gasteiger charge is -2.40. The van der Waals surface area contributed by atoms with Crippen molar-refractivity contribution in [1.82, 2.24) is 19.6 Å². The van der Waals surface area contributed by atoms with E-state index in [9.17, 15) is 9.90 Å². The average Bonchev–Trinajstić information content (AvgIpc) is 2.91. The van der Waals surface area contributed by atoms with Gasteiger partial charge in [-0.15, -0.1) is 0 Å². The van der Waals surface area contributed by atoms with Gasteiger partial charge in [-0.05, 0) is 33.5 Å². The molecule has 1 fully saturated rings. The Hall–Kier alpha value is -1.44. The van der Waals surface area contributed by atoms with Crippen molar-refractivity contribution in [2.75, 3.05) is 40.8 Å². The molecule has 1 unspecified atom stereocenters. The lowest BCUT2D eigenvalue weighted by Crippen LogP contribution is -2.52. The Balaban J connectivity index is 1.87. The smallest absolute Gasteiger partial charge is 0.307 e. The van der Waals surface area contributed by atoms with E-state index in [4.69, 9.17) is 0 Å². The molecule has 0 bridgehead atoms. The molecule has 2 heterocycles. The van der Waals surface area contributed by atoms with Crippen LogP contribution >= 0.6 is 0 Å². The van der Waals surface area contributed by atoms with Gasteiger partial charge in [0, 0.05) is 31.4 Å². The van der Waals surface area contributed by atoms with Crippen molar-refractivity contribution < 1.29 is 14.6 Å². The van der Waals surface area contributed by atoms with Gasteiger partial charge in [0.25, 0.3) is 0 Å². The number of esters is 1. The Morgan fingerprint density at radius 2 is 2.30 bits per heavy atom. The molecule has 1 N–H and O–H groups in total. The van der Waals surface area contributed by atoms with E-state index in [0.717, 1.165) is 31.5 Å². The molecule has 0 aromatic carbocycles. The van der Waals surface area contributed by atoms with Crippen molar-refractivity contribution >= 4 is 5.97 Å². The number of β-amino-alcohol motifs (C(OH)–C–C–N with tert-alkyl or cyclic N) is 1. The van der Waals surface area contributed by atoms with Crippen molar-refractivity contribution in [2.24, 2.45) is 0 Å². The number of aromatic nitrogens is 2. The van der Waals surface area contributed by atoms with Crippen molar-refractivity contribution in [3.63, 3.8) is 0 Å². The third kappa shape index (κ3) is 5.60. The quantitative estimate of drug-likeness (QED) is 0.729. The Bertz CT molecular complexity index is 517. The number of piperidine rings is 1. The first-order chi connectivity index (χ1) is 10.9. The molecule has 0 saturated carbocycles. The van der Waals surface area contributed by atoms with Gasteiger partial charge in [0.2, 0.25) is 0 Å². The van der Waals surface area contributed by atoms with E-state index in [2.05, 4.69) is 14.7 Å². The maximum atomic E-state index is 11.2. The first-order valence-corrected chi connectivity index (χ1v) is 8.08. The van der Waals surface area contributed by atoms with E-state index in [1.54, 1.807) is 4.68 Å². The number of nitrogens with zero attached hydrogens (tertiary/aromatic N) is 4. The topological polar surface area (TPSA) is 70.8 Å². The largest absolute Gasteiger partial charge is 0.469 e. The van der Waals surface area contributed by atoms with Crippen LogP contribution in [0.4, 0.5) is 0 Å². The van der Waals surface area contributed by atoms with E-state index in [-0.39, 0.29) is 5.97 Å². The van der Waals surface area contributed by atoms with Crippen LogP contribution in [0, 0.1) is 0 Å². The van der Waals surface area contributed by atoms with Gasteiger partial charge in [-0.3, -0.25) is 14.4 Å². The standard InChI is InChI=1S/C16H28N4O3/c1-18(2)12-16(22)6-4-7-19(13-16)10-14-9-17-20(11-14)8-5-15(21)23-3/h9,11,22H,4-8,10,12-13H2,1-3H3. The molecule has 0 radical (unpaired) electrons. The molecule has 1 aliphatic rings. The van der Waals surface area contributed by atoms with Crippen LogP contribution in [0.3, 0.4) is 0 Å². The lowest BCUT2D eigenvalue weighted by molar-refractivity contribution is -0.140. The number of ether oxygens (including phenoxy) is 1. The summed E-state index contributed by atoms with van der Waals surface area (Å²) in [4.78, 5) is 15.5. The maximum Gasteiger partial charge on any atom is 0.307 e. The highest BCUT2D eigenvalue weighted by atomic mass is 16.5. The summed E-state index contributed by atoms with van der Waals surface area (Å²) in [6.07, 6.45) is 5.96. The van der Waals surface area contributed by atoms with Crippen molar-refractivity contribution in [2.45, 2.75) is 38.0 Å². The fourth-order valence-corrected chi connectivity index (χ4v) is 3.24. The summed E-state index contributed by atoms with van der Waals surface area (Å²) in [5, 5.41) is 15.0. The Kier molecular flexibility index (Phi) is 6.15. The number of aliphatic hydroxyl groups is 1. The number of likely N-dealkylation sites (N-methyl/N-ethyl adjacent to an activating group) is 1. The fraction of sp³-hybridized carbons (Fsp3) is 0.750. The number of hydrogen-bond donors (Lipinski definition) is 1. The van der Waals surface area contributed by atoms with Crippen molar-refractivity contribution in [3.05, 3.63) is 18.0 Å². The predicted octanol–water partition coefficient (Wildman–Crippen LogP) is 0.335. The summed E-state index contributed by atoms with van der Waals surface area (Å²) < 4.78 is 6.40. The summed E-state index contributed by atoms with van der Waals surface area (Å²) >= 11 is 0. The normalized spacial score (nSPS) is 22.5. The zero-order chi connectivity index (χ0) is 16.9. The van der Waals surface area contributed by atoms with Crippen LogP contribution < -0.4 is 0 Å². The second kappa shape index (κ2) is 7.90. The first kappa shape index (κ1) is 17.9. The second-order valence-corrected chi connectivity index (χ2v) is 6.71. The number of aryl methyl sites for hydroxylation is 1. The van der Waals surface area contributed by atoms with Gasteiger partial charge in [0.15, 0.2) is 0 Å². The predicted molar refractivity (Wildman–Crippen MR) is 86.9 cm³/mol. The zero-order valence-corrected chi connectivity index (χ0v) is 14.4. The molecule has 1 aromatic heterocycles. The molecular weight excluding hydrogens is 296 g/mol. The lowest BCUT2D eigenvalue weighted by atomic mass is 9.92. The van der Waals surface area contributed by atoms with Crippen LogP contribution in [0.15, 0.2) is 12.4 Å². The SMILES string of the molecule is COC(=O)CCn1cc(CN2CCCC(O)(CN(C)C)C2)cn1. The third-order valence-corrected chi connectivity index (χ3v) is 4.11. The van der Waals surface area contributed by atoms with Crippen LogP contribution in [0.1, 0.15) is 24.8 Å². The molecule has 0 amide bonds. The third-order valence-electron chi connectivity index (χ3n) is 4.11. The number of carbonyl (C=O) groups is 1. The Morgan fingerprint density at radius 1 is 1.52 bits per heavy atom. The number of likely N-dealkylation sites (tertiary alicyclic amines) is 1. The summed E-state index contributed by atoms with van der Waals surface area (Å²) in [6.45, 7) is 3.65. The molecular formula is C16H28N4O3. The molecule has 1 saturated heterocycles. The molecule has 1 atom stereocenters. The number of carbonyl (C=O) groups excluding carboxylic acids is 1. The van der Waals surface area contributed by atoms with Gasteiger partial charge in [0.05, 0.1) is 31.9 Å². The molecule has 1 aromatic rings. The van der Waals surface area contributed by atoms with Crippen LogP contribution in [0.5, 0.6) is 0 Å². The number of hydrogen-bond acceptors (Lipinski definition) is 6. The molecule has 2 rings (SSSR count). The first-order valence-electron chi connectivity index (χ1n) is 8.08. The molecule has 0 aliphatic carbocycles. The highest BCUT2D eigenvalue weighted by Crippen LogP contribution is 2.23. The summed E-state index contributed by atoms with van der Waals surface area (Å²) in [6, 6.07) is 0. The van der Waals surface area contributed by atoms with Crippen LogP contribution in [-0.2, 0) is 22.6 Å². The summed E-state index contributed by atoms with van der Waals surface area (Å²) in [5.41, 5.74) is 0.465. The second-order valence-electron chi connectivity index (χ2n) is 6.71. The van der Waals surface area contributed by atoms with E-state index < -0.39 is 5.60 Å². The Labute approximate surface area is 137 Å². The molecule has 130 valence electrons. The van der Waals surface area contributed by atoms with Crippen molar-refractivity contribution in [1.29, 1.82) is 0 Å². The van der Waals surface area contributed by atoms with E-state index in [0.29, 0.717) is 26.1 Å². The van der Waals surface area contributed by atoms with Crippen LogP contribution in [-0.4, -0.2) is 77.1 Å². The highest BCUT2D eigenvalue weighted by Gasteiger charge is 2.33. The maximum absolute atomic E-state index is 11.2. The molecule has 7 nitrogen and oxygen atoms in total. The highest BCUT2D eigenvalue weighted by molar-refractivity contribution is 5.68. The van der Waals surface area contributed by atoms with Gasteiger partial charge in [-0.2, -0.15) is 5.10 Å². The van der Waals surface area contributed by atoms with Gasteiger partial charge >= 0.3 is 5.97 Å². The Morgan fingerprint density at radius 3 is 3.00 bits per heavy atom. The minimum atomic E-state index is -0.636. The van der Waals surface area contributed by atoms with Gasteiger partial charge in [0.1, 0.15) is 0 Å².